The smallest absolute Gasteiger partial charge is 0.303 e. The van der Waals surface area contributed by atoms with Gasteiger partial charge in [-0.2, -0.15) is 0 Å². The molecule has 0 aliphatic carbocycles. The molecule has 0 atom stereocenters. The molecule has 1 N–H and O–H groups in total. The van der Waals surface area contributed by atoms with Gasteiger partial charge < -0.3 is 10.0 Å². The van der Waals surface area contributed by atoms with E-state index in [0.717, 1.165) is 12.0 Å². The number of halogens is 1. The van der Waals surface area contributed by atoms with Crippen molar-refractivity contribution < 1.29 is 19.1 Å². The summed E-state index contributed by atoms with van der Waals surface area (Å²) in [5.74, 6) is -0.545. The molecule has 2 aromatic rings. The monoisotopic (exact) mass is 531 g/mol. The topological polar surface area (TPSA) is 83.4 Å². The number of hydrogen-bond acceptors (Lipinski definition) is 4. The van der Waals surface area contributed by atoms with Gasteiger partial charge in [0.05, 0.1) is 11.4 Å². The van der Waals surface area contributed by atoms with Crippen LogP contribution >= 0.6 is 0 Å². The third kappa shape index (κ3) is 8.57. The highest BCUT2D eigenvalue weighted by molar-refractivity contribution is 5.94. The minimum Gasteiger partial charge on any atom is -0.481 e. The number of likely N-dealkylation sites (tertiary alicyclic amines) is 1. The highest BCUT2D eigenvalue weighted by Crippen LogP contribution is 2.27. The van der Waals surface area contributed by atoms with E-state index in [1.807, 2.05) is 24.0 Å². The number of rotatable bonds is 11. The fraction of sp³-hybridized carbons (Fsp3) is 0.375. The Labute approximate surface area is 230 Å². The quantitative estimate of drug-likeness (QED) is 0.252. The van der Waals surface area contributed by atoms with Crippen molar-refractivity contribution in [2.45, 2.75) is 59.5 Å². The van der Waals surface area contributed by atoms with Gasteiger partial charge in [-0.15, -0.1) is 0 Å². The molecule has 39 heavy (non-hydrogen) atoms. The summed E-state index contributed by atoms with van der Waals surface area (Å²) in [6.45, 7) is 7.11. The predicted molar refractivity (Wildman–Crippen MR) is 152 cm³/mol. The molecule has 1 aromatic carbocycles. The van der Waals surface area contributed by atoms with E-state index in [9.17, 15) is 14.0 Å². The van der Waals surface area contributed by atoms with Gasteiger partial charge >= 0.3 is 5.97 Å². The highest BCUT2D eigenvalue weighted by atomic mass is 19.1. The number of benzene rings is 1. The van der Waals surface area contributed by atoms with Crippen LogP contribution in [0, 0.1) is 5.92 Å². The minimum absolute atomic E-state index is 0.0522. The van der Waals surface area contributed by atoms with Crippen LogP contribution in [0.5, 0.6) is 0 Å². The van der Waals surface area contributed by atoms with Crippen LogP contribution < -0.4 is 0 Å². The summed E-state index contributed by atoms with van der Waals surface area (Å²) in [4.78, 5) is 35.3. The fourth-order valence-electron chi connectivity index (χ4n) is 4.41. The number of unbranched alkanes of at least 4 members (excludes halogenated alkanes) is 1. The molecule has 1 saturated heterocycles. The summed E-state index contributed by atoms with van der Waals surface area (Å²) in [7, 11) is 0. The lowest BCUT2D eigenvalue weighted by molar-refractivity contribution is -0.137. The summed E-state index contributed by atoms with van der Waals surface area (Å²) in [6, 6.07) is 12.2. The number of carbonyl (C=O) groups is 2. The number of allylic oxidation sites excluding steroid dienone is 3. The van der Waals surface area contributed by atoms with Crippen molar-refractivity contribution >= 4 is 11.9 Å². The number of nitrogens with zero attached hydrogens (tertiary/aromatic N) is 3. The Hall–Kier alpha value is -3.87. The molecule has 1 fully saturated rings. The van der Waals surface area contributed by atoms with E-state index in [1.54, 1.807) is 42.7 Å². The van der Waals surface area contributed by atoms with Gasteiger partial charge in [0.1, 0.15) is 6.67 Å². The SMILES string of the molecule is C/C=C(\C=C(/C)CC)C1CN(C(=O)c2cccnc(-c3ccc(CF)cc3)c(CCCCC(=O)O)ncc2)C1. The largest absolute Gasteiger partial charge is 0.481 e. The van der Waals surface area contributed by atoms with Crippen LogP contribution in [0.4, 0.5) is 4.39 Å². The van der Waals surface area contributed by atoms with E-state index < -0.39 is 12.6 Å². The first-order chi connectivity index (χ1) is 18.9. The Balaban J connectivity index is 1.85. The Kier molecular flexibility index (Phi) is 11.3. The Morgan fingerprint density at radius 2 is 1.82 bits per heavy atom. The average molecular weight is 532 g/mol. The van der Waals surface area contributed by atoms with Crippen molar-refractivity contribution in [3.8, 4) is 11.3 Å². The number of carbonyl (C=O) groups excluding carboxylic acids is 1. The normalized spacial score (nSPS) is 14.0. The number of carboxylic acid groups (broad SMARTS) is 1. The van der Waals surface area contributed by atoms with Crippen molar-refractivity contribution in [3.05, 3.63) is 95.0 Å². The van der Waals surface area contributed by atoms with Gasteiger partial charge in [-0.25, -0.2) is 4.39 Å². The van der Waals surface area contributed by atoms with Crippen LogP contribution in [-0.4, -0.2) is 44.9 Å². The van der Waals surface area contributed by atoms with E-state index in [0.29, 0.717) is 60.8 Å². The zero-order valence-corrected chi connectivity index (χ0v) is 23.1. The molecular weight excluding hydrogens is 493 g/mol. The van der Waals surface area contributed by atoms with Crippen molar-refractivity contribution in [1.82, 2.24) is 14.9 Å². The van der Waals surface area contributed by atoms with Gasteiger partial charge in [0.2, 0.25) is 0 Å². The van der Waals surface area contributed by atoms with Gasteiger partial charge in [-0.05, 0) is 68.9 Å². The number of aliphatic carboxylic acids is 1. The number of aromatic nitrogens is 2. The predicted octanol–water partition coefficient (Wildman–Crippen LogP) is 6.91. The molecule has 0 unspecified atom stereocenters. The molecule has 1 aliphatic rings. The van der Waals surface area contributed by atoms with E-state index in [4.69, 9.17) is 5.11 Å². The summed E-state index contributed by atoms with van der Waals surface area (Å²) in [6.07, 6.45) is 10.4. The Morgan fingerprint density at radius 1 is 1.08 bits per heavy atom. The molecule has 0 saturated carbocycles. The molecule has 0 radical (unpaired) electrons. The van der Waals surface area contributed by atoms with Gasteiger partial charge in [-0.3, -0.25) is 19.6 Å². The molecule has 1 amide bonds. The first-order valence-electron chi connectivity index (χ1n) is 13.5. The summed E-state index contributed by atoms with van der Waals surface area (Å²) in [5.41, 5.74) is 5.81. The maximum Gasteiger partial charge on any atom is 0.303 e. The molecule has 2 heterocycles. The van der Waals surface area contributed by atoms with Gasteiger partial charge in [0.15, 0.2) is 0 Å². The number of alkyl halides is 1. The van der Waals surface area contributed by atoms with Crippen molar-refractivity contribution in [3.63, 3.8) is 0 Å². The van der Waals surface area contributed by atoms with Crippen LogP contribution in [0.25, 0.3) is 11.3 Å². The summed E-state index contributed by atoms with van der Waals surface area (Å²) < 4.78 is 13.0. The number of aryl methyl sites for hydroxylation is 1. The van der Waals surface area contributed by atoms with E-state index in [-0.39, 0.29) is 12.3 Å². The van der Waals surface area contributed by atoms with Crippen molar-refractivity contribution in [2.24, 2.45) is 5.92 Å². The van der Waals surface area contributed by atoms with Gasteiger partial charge in [-0.1, -0.05) is 48.9 Å². The van der Waals surface area contributed by atoms with Gasteiger partial charge in [0, 0.05) is 48.9 Å². The summed E-state index contributed by atoms with van der Waals surface area (Å²) in [5, 5.41) is 8.99. The number of hydrogen-bond donors (Lipinski definition) is 1. The molecule has 1 aliphatic heterocycles. The van der Waals surface area contributed by atoms with Crippen LogP contribution in [0.1, 0.15) is 68.1 Å². The van der Waals surface area contributed by atoms with E-state index >= 15 is 0 Å². The zero-order chi connectivity index (χ0) is 28.2. The van der Waals surface area contributed by atoms with Crippen molar-refractivity contribution in [1.29, 1.82) is 0 Å². The standard InChI is InChI=1S/C32H38FN3O3/c1-4-23(3)19-25(5-2)28-21-36(22-28)32(39)27-9-8-17-35-31(26-14-12-24(20-33)13-15-26)29(34-18-16-27)10-6-7-11-30(37)38/h5,8-9,12-19,28H,4,6-7,10-11,20-22H2,1-3H3,(H,37,38)/b9-8?,17-8?,18-16?,23-19+,25-5+,27-9?,27-16?,31-29?,34-18?,34-29?,35-17?,35-31?. The Bertz CT molecular complexity index is 1260. The van der Waals surface area contributed by atoms with E-state index in [2.05, 4.69) is 36.0 Å². The van der Waals surface area contributed by atoms with Crippen molar-refractivity contribution in [2.75, 3.05) is 13.1 Å². The first-order valence-corrected chi connectivity index (χ1v) is 13.5. The second-order valence-electron chi connectivity index (χ2n) is 9.80. The molecule has 7 heteroatoms. The fourth-order valence-corrected chi connectivity index (χ4v) is 4.41. The highest BCUT2D eigenvalue weighted by Gasteiger charge is 2.32. The van der Waals surface area contributed by atoms with Crippen LogP contribution in [-0.2, 0) is 17.9 Å². The summed E-state index contributed by atoms with van der Waals surface area (Å²) >= 11 is 0. The third-order valence-corrected chi connectivity index (χ3v) is 6.95. The molecule has 3 rings (SSSR count). The Morgan fingerprint density at radius 3 is 2.46 bits per heavy atom. The number of carboxylic acids is 1. The zero-order valence-electron chi connectivity index (χ0n) is 23.1. The van der Waals surface area contributed by atoms with Crippen LogP contribution in [0.2, 0.25) is 0 Å². The number of amides is 1. The van der Waals surface area contributed by atoms with E-state index in [1.165, 1.54) is 11.1 Å². The molecule has 0 bridgehead atoms. The van der Waals surface area contributed by atoms with Crippen LogP contribution in [0.15, 0.2) is 78.2 Å². The van der Waals surface area contributed by atoms with Crippen LogP contribution in [0.3, 0.4) is 0 Å². The first kappa shape index (κ1) is 29.7. The second kappa shape index (κ2) is 14.9. The maximum absolute atomic E-state index is 13.2. The minimum atomic E-state index is -0.832. The molecule has 6 nitrogen and oxygen atoms in total. The average Bonchev–Trinajstić information content (AvgIpc) is 2.92. The lowest BCUT2D eigenvalue weighted by atomic mass is 9.89. The second-order valence-corrected chi connectivity index (χ2v) is 9.80. The molecule has 0 spiro atoms. The molecule has 206 valence electrons. The maximum atomic E-state index is 13.2. The lowest BCUT2D eigenvalue weighted by Crippen LogP contribution is -2.50. The third-order valence-electron chi connectivity index (χ3n) is 6.95. The van der Waals surface area contributed by atoms with Gasteiger partial charge in [0.25, 0.3) is 5.91 Å². The molecular formula is C32H38FN3O3. The lowest BCUT2D eigenvalue weighted by Gasteiger charge is -2.40. The molecule has 1 aromatic heterocycles.